The van der Waals surface area contributed by atoms with Gasteiger partial charge in [-0.05, 0) is 89.5 Å². The van der Waals surface area contributed by atoms with Gasteiger partial charge in [-0.15, -0.1) is 0 Å². The number of fused-ring (bicyclic) bond motifs is 1. The van der Waals surface area contributed by atoms with Gasteiger partial charge in [-0.2, -0.15) is 0 Å². The van der Waals surface area contributed by atoms with E-state index in [4.69, 9.17) is 21.4 Å². The fraction of sp³-hybridized carbons (Fsp3) is 0.125. The van der Waals surface area contributed by atoms with Crippen molar-refractivity contribution in [2.24, 2.45) is 0 Å². The highest BCUT2D eigenvalue weighted by molar-refractivity contribution is 9.11. The number of halogens is 2. The van der Waals surface area contributed by atoms with E-state index in [1.807, 2.05) is 50.2 Å². The molecule has 0 aliphatic heterocycles. The van der Waals surface area contributed by atoms with Crippen LogP contribution < -0.4 is 15.4 Å². The number of carbonyl (C=O) groups excluding carboxylic acids is 1. The van der Waals surface area contributed by atoms with Crippen LogP contribution in [0.15, 0.2) is 61.9 Å². The van der Waals surface area contributed by atoms with Crippen LogP contribution in [0.3, 0.4) is 0 Å². The molecular formula is C24H19Br2N3O3S. The number of aromatic nitrogens is 1. The highest BCUT2D eigenvalue weighted by atomic mass is 79.9. The molecule has 0 aliphatic rings. The van der Waals surface area contributed by atoms with Crippen LogP contribution in [0.2, 0.25) is 0 Å². The van der Waals surface area contributed by atoms with Crippen LogP contribution >= 0.6 is 44.1 Å². The second kappa shape index (κ2) is 9.62. The Labute approximate surface area is 213 Å². The molecule has 168 valence electrons. The molecule has 0 fully saturated rings. The third-order valence-electron chi connectivity index (χ3n) is 4.96. The summed E-state index contributed by atoms with van der Waals surface area (Å²) in [5, 5.41) is 5.96. The largest absolute Gasteiger partial charge is 0.495 e. The number of aryl methyl sites for hydroxylation is 2. The van der Waals surface area contributed by atoms with Crippen LogP contribution in [0.25, 0.3) is 22.6 Å². The molecule has 2 N–H and O–H groups in total. The number of thiocarbonyl (C=S) groups is 1. The van der Waals surface area contributed by atoms with E-state index in [9.17, 15) is 4.79 Å². The van der Waals surface area contributed by atoms with Gasteiger partial charge < -0.3 is 14.5 Å². The molecule has 0 saturated heterocycles. The molecule has 0 atom stereocenters. The Kier molecular flexibility index (Phi) is 6.83. The van der Waals surface area contributed by atoms with E-state index in [1.165, 1.54) is 7.11 Å². The fourth-order valence-corrected chi connectivity index (χ4v) is 4.90. The van der Waals surface area contributed by atoms with E-state index in [-0.39, 0.29) is 5.11 Å². The summed E-state index contributed by atoms with van der Waals surface area (Å²) in [6.07, 6.45) is 0. The predicted molar refractivity (Wildman–Crippen MR) is 141 cm³/mol. The lowest BCUT2D eigenvalue weighted by atomic mass is 10.1. The molecule has 0 spiro atoms. The standard InChI is InChI=1S/C24H19Br2N3O3S/c1-12-4-7-20-19(8-12)27-23(32-20)14-6-5-13(2)18(9-14)28-24(33)29-22(30)16-10-15(25)11-17(26)21(16)31-3/h4-11H,1-3H3,(H2,28,29,30,33). The molecule has 1 amide bonds. The van der Waals surface area contributed by atoms with Crippen LogP contribution in [-0.2, 0) is 0 Å². The van der Waals surface area contributed by atoms with Gasteiger partial charge in [0.15, 0.2) is 10.7 Å². The molecule has 1 heterocycles. The number of nitrogens with zero attached hydrogens (tertiary/aromatic N) is 1. The van der Waals surface area contributed by atoms with Gasteiger partial charge in [0.2, 0.25) is 5.89 Å². The van der Waals surface area contributed by atoms with Crippen LogP contribution in [0.4, 0.5) is 5.69 Å². The normalized spacial score (nSPS) is 10.8. The molecule has 4 aromatic rings. The van der Waals surface area contributed by atoms with Crippen molar-refractivity contribution in [2.75, 3.05) is 12.4 Å². The number of methoxy groups -OCH3 is 1. The monoisotopic (exact) mass is 587 g/mol. The van der Waals surface area contributed by atoms with Crippen molar-refractivity contribution in [1.82, 2.24) is 10.3 Å². The number of hydrogen-bond acceptors (Lipinski definition) is 5. The Morgan fingerprint density at radius 1 is 1.09 bits per heavy atom. The molecule has 0 bridgehead atoms. The Bertz CT molecular complexity index is 1400. The smallest absolute Gasteiger partial charge is 0.261 e. The third-order valence-corrected chi connectivity index (χ3v) is 6.21. The minimum absolute atomic E-state index is 0.159. The second-order valence-electron chi connectivity index (χ2n) is 7.40. The Morgan fingerprint density at radius 2 is 1.88 bits per heavy atom. The first-order valence-electron chi connectivity index (χ1n) is 9.88. The Hall–Kier alpha value is -2.75. The fourth-order valence-electron chi connectivity index (χ4n) is 3.31. The van der Waals surface area contributed by atoms with Crippen molar-refractivity contribution in [3.63, 3.8) is 0 Å². The number of hydrogen-bond donors (Lipinski definition) is 2. The summed E-state index contributed by atoms with van der Waals surface area (Å²) in [5.74, 6) is 0.537. The molecule has 6 nitrogen and oxygen atoms in total. The maximum Gasteiger partial charge on any atom is 0.261 e. The summed E-state index contributed by atoms with van der Waals surface area (Å²) in [6, 6.07) is 15.1. The number of oxazole rings is 1. The van der Waals surface area contributed by atoms with Crippen LogP contribution in [0.1, 0.15) is 21.5 Å². The van der Waals surface area contributed by atoms with E-state index >= 15 is 0 Å². The molecule has 0 aliphatic carbocycles. The molecule has 0 radical (unpaired) electrons. The van der Waals surface area contributed by atoms with E-state index < -0.39 is 5.91 Å². The van der Waals surface area contributed by atoms with E-state index in [0.29, 0.717) is 21.7 Å². The molecule has 4 rings (SSSR count). The van der Waals surface area contributed by atoms with Crippen molar-refractivity contribution >= 4 is 71.9 Å². The highest BCUT2D eigenvalue weighted by Gasteiger charge is 2.18. The number of rotatable bonds is 4. The van der Waals surface area contributed by atoms with E-state index in [2.05, 4.69) is 47.5 Å². The van der Waals surface area contributed by atoms with Gasteiger partial charge in [0, 0.05) is 15.7 Å². The van der Waals surface area contributed by atoms with Gasteiger partial charge >= 0.3 is 0 Å². The first-order chi connectivity index (χ1) is 15.7. The van der Waals surface area contributed by atoms with Gasteiger partial charge in [0.25, 0.3) is 5.91 Å². The van der Waals surface area contributed by atoms with Crippen LogP contribution in [0, 0.1) is 13.8 Å². The quantitative estimate of drug-likeness (QED) is 0.256. The molecule has 1 aromatic heterocycles. The van der Waals surface area contributed by atoms with Gasteiger partial charge in [-0.1, -0.05) is 28.1 Å². The minimum atomic E-state index is -0.394. The van der Waals surface area contributed by atoms with Gasteiger partial charge in [0.1, 0.15) is 11.3 Å². The average Bonchev–Trinajstić information content (AvgIpc) is 3.17. The number of nitrogens with one attached hydrogen (secondary N) is 2. The zero-order valence-electron chi connectivity index (χ0n) is 18.0. The van der Waals surface area contributed by atoms with Gasteiger partial charge in [0.05, 0.1) is 17.1 Å². The SMILES string of the molecule is COc1c(Br)cc(Br)cc1C(=O)NC(=S)Nc1cc(-c2nc3cc(C)ccc3o2)ccc1C. The van der Waals surface area contributed by atoms with Crippen molar-refractivity contribution < 1.29 is 13.9 Å². The zero-order valence-corrected chi connectivity index (χ0v) is 21.9. The minimum Gasteiger partial charge on any atom is -0.495 e. The van der Waals surface area contributed by atoms with Gasteiger partial charge in [-0.3, -0.25) is 10.1 Å². The Balaban J connectivity index is 1.55. The topological polar surface area (TPSA) is 76.4 Å². The molecule has 0 saturated carbocycles. The summed E-state index contributed by atoms with van der Waals surface area (Å²) in [5.41, 5.74) is 5.46. The van der Waals surface area contributed by atoms with Crippen LogP contribution in [-0.4, -0.2) is 23.1 Å². The lowest BCUT2D eigenvalue weighted by molar-refractivity contribution is 0.0974. The van der Waals surface area contributed by atoms with Crippen molar-refractivity contribution in [2.45, 2.75) is 13.8 Å². The Morgan fingerprint density at radius 3 is 2.64 bits per heavy atom. The summed E-state index contributed by atoms with van der Waals surface area (Å²) in [4.78, 5) is 17.4. The number of benzene rings is 3. The highest BCUT2D eigenvalue weighted by Crippen LogP contribution is 2.33. The van der Waals surface area contributed by atoms with E-state index in [0.717, 1.165) is 38.0 Å². The zero-order chi connectivity index (χ0) is 23.7. The average molecular weight is 589 g/mol. The van der Waals surface area contributed by atoms with E-state index in [1.54, 1.807) is 12.1 Å². The molecule has 9 heteroatoms. The van der Waals surface area contributed by atoms with Gasteiger partial charge in [-0.25, -0.2) is 4.98 Å². The summed E-state index contributed by atoms with van der Waals surface area (Å²) in [6.45, 7) is 3.96. The number of amides is 1. The van der Waals surface area contributed by atoms with Crippen molar-refractivity contribution in [1.29, 1.82) is 0 Å². The molecular weight excluding hydrogens is 570 g/mol. The number of ether oxygens (including phenoxy) is 1. The third kappa shape index (κ3) is 5.10. The maximum atomic E-state index is 12.8. The number of anilines is 1. The summed E-state index contributed by atoms with van der Waals surface area (Å²) >= 11 is 12.2. The molecule has 0 unspecified atom stereocenters. The number of carbonyl (C=O) groups is 1. The molecule has 3 aromatic carbocycles. The first-order valence-corrected chi connectivity index (χ1v) is 11.9. The van der Waals surface area contributed by atoms with Crippen molar-refractivity contribution in [3.8, 4) is 17.2 Å². The van der Waals surface area contributed by atoms with Crippen LogP contribution in [0.5, 0.6) is 5.75 Å². The lowest BCUT2D eigenvalue weighted by Gasteiger charge is -2.14. The summed E-state index contributed by atoms with van der Waals surface area (Å²) in [7, 11) is 1.50. The second-order valence-corrected chi connectivity index (χ2v) is 9.57. The summed E-state index contributed by atoms with van der Waals surface area (Å²) < 4.78 is 12.7. The maximum absolute atomic E-state index is 12.8. The predicted octanol–water partition coefficient (Wildman–Crippen LogP) is 6.77. The lowest BCUT2D eigenvalue weighted by Crippen LogP contribution is -2.34. The molecule has 33 heavy (non-hydrogen) atoms. The first kappa shape index (κ1) is 23.4. The van der Waals surface area contributed by atoms with Crippen molar-refractivity contribution in [3.05, 3.63) is 74.2 Å².